The molecule has 1 N–H and O–H groups in total. The molecule has 1 fully saturated rings. The average molecular weight is 509 g/mol. The summed E-state index contributed by atoms with van der Waals surface area (Å²) in [6, 6.07) is 19.3. The van der Waals surface area contributed by atoms with Gasteiger partial charge < -0.3 is 10.2 Å². The van der Waals surface area contributed by atoms with E-state index < -0.39 is 40.4 Å². The number of fused-ring (bicyclic) bond motifs is 6. The molecule has 3 aliphatic rings. The predicted molar refractivity (Wildman–Crippen MR) is 146 cm³/mol. The molecule has 3 heterocycles. The molecule has 0 aromatic heterocycles. The summed E-state index contributed by atoms with van der Waals surface area (Å²) in [6.07, 6.45) is 2.00. The largest absolute Gasteiger partial charge is 0.352 e. The number of carbonyl (C=O) groups is 3. The number of anilines is 2. The molecule has 0 bridgehead atoms. The third-order valence-electron chi connectivity index (χ3n) is 8.31. The number of halogens is 1. The molecule has 0 radical (unpaired) electrons. The van der Waals surface area contributed by atoms with Crippen LogP contribution in [0.4, 0.5) is 15.8 Å². The fourth-order valence-corrected chi connectivity index (χ4v) is 6.66. The maximum Gasteiger partial charge on any atom is 0.238 e. The number of Topliss-reactive ketones (excluding diaryl/α,β-unsaturated/α-hetero) is 2. The van der Waals surface area contributed by atoms with Gasteiger partial charge in [0.2, 0.25) is 5.91 Å². The third kappa shape index (κ3) is 3.12. The quantitative estimate of drug-likeness (QED) is 0.454. The first-order valence-corrected chi connectivity index (χ1v) is 12.9. The number of rotatable bonds is 3. The molecule has 1 spiro atoms. The van der Waals surface area contributed by atoms with Gasteiger partial charge in [-0.25, -0.2) is 4.39 Å². The number of hydrogen-bond acceptors (Lipinski definition) is 4. The highest BCUT2D eigenvalue weighted by Gasteiger charge is 2.71. The average Bonchev–Trinajstić information content (AvgIpc) is 3.36. The zero-order chi connectivity index (χ0) is 27.0. The number of benzene rings is 3. The van der Waals surface area contributed by atoms with Gasteiger partial charge >= 0.3 is 0 Å². The van der Waals surface area contributed by atoms with Crippen molar-refractivity contribution >= 4 is 34.4 Å². The van der Waals surface area contributed by atoms with Crippen LogP contribution in [0.15, 0.2) is 78.9 Å². The number of nitrogens with zero attached hydrogens (tertiary/aromatic N) is 1. The first-order valence-electron chi connectivity index (χ1n) is 12.9. The van der Waals surface area contributed by atoms with Crippen LogP contribution in [-0.2, 0) is 15.0 Å². The van der Waals surface area contributed by atoms with Crippen molar-refractivity contribution in [3.05, 3.63) is 101 Å². The molecule has 6 heteroatoms. The zero-order valence-electron chi connectivity index (χ0n) is 21.8. The summed E-state index contributed by atoms with van der Waals surface area (Å²) < 4.78 is 15.2. The van der Waals surface area contributed by atoms with E-state index in [1.54, 1.807) is 6.07 Å². The summed E-state index contributed by atoms with van der Waals surface area (Å²) in [6.45, 7) is 7.44. The maximum atomic E-state index is 15.2. The molecule has 3 aliphatic heterocycles. The first kappa shape index (κ1) is 24.3. The zero-order valence-corrected chi connectivity index (χ0v) is 21.8. The second-order valence-electron chi connectivity index (χ2n) is 11.5. The van der Waals surface area contributed by atoms with Gasteiger partial charge in [-0.1, -0.05) is 75.4 Å². The third-order valence-corrected chi connectivity index (χ3v) is 8.31. The van der Waals surface area contributed by atoms with Gasteiger partial charge in [0.05, 0.1) is 17.5 Å². The standard InChI is InChI=1S/C32H29FN2O3/c1-18-17-25-32(21-13-7-9-15-23(21)34-30(32)38)26(28(36)20-12-5-8-14-22(20)33)27(29(37)31(2,3)4)35(25)24-16-10-6-11-19(18)24/h5-17,25-27H,1-4H3,(H,34,38)/t25-,26-,27-,32-/m0/s1. The van der Waals surface area contributed by atoms with Crippen molar-refractivity contribution in [3.8, 4) is 0 Å². The fraction of sp³-hybridized carbons (Fsp3) is 0.281. The Kier molecular flexibility index (Phi) is 5.25. The van der Waals surface area contributed by atoms with Crippen LogP contribution in [-0.4, -0.2) is 29.6 Å². The minimum absolute atomic E-state index is 0.116. The van der Waals surface area contributed by atoms with E-state index in [2.05, 4.69) is 5.32 Å². The molecule has 192 valence electrons. The lowest BCUT2D eigenvalue weighted by molar-refractivity contribution is -0.128. The number of nitrogens with one attached hydrogen (secondary N) is 1. The highest BCUT2D eigenvalue weighted by atomic mass is 19.1. The van der Waals surface area contributed by atoms with Gasteiger partial charge in [0.25, 0.3) is 0 Å². The molecular formula is C32H29FN2O3. The minimum Gasteiger partial charge on any atom is -0.352 e. The molecular weight excluding hydrogens is 479 g/mol. The fourth-order valence-electron chi connectivity index (χ4n) is 6.66. The molecule has 5 nitrogen and oxygen atoms in total. The lowest BCUT2D eigenvalue weighted by Gasteiger charge is -2.39. The molecule has 1 amide bonds. The Labute approximate surface area is 221 Å². The van der Waals surface area contributed by atoms with Crippen LogP contribution in [0.2, 0.25) is 0 Å². The molecule has 0 saturated carbocycles. The number of hydrogen-bond donors (Lipinski definition) is 1. The van der Waals surface area contributed by atoms with Crippen molar-refractivity contribution in [1.82, 2.24) is 0 Å². The van der Waals surface area contributed by atoms with Crippen LogP contribution in [0.1, 0.15) is 49.2 Å². The van der Waals surface area contributed by atoms with Crippen molar-refractivity contribution < 1.29 is 18.8 Å². The van der Waals surface area contributed by atoms with Crippen molar-refractivity contribution in [2.45, 2.75) is 45.2 Å². The van der Waals surface area contributed by atoms with Crippen LogP contribution in [0, 0.1) is 17.2 Å². The van der Waals surface area contributed by atoms with E-state index >= 15 is 4.39 Å². The van der Waals surface area contributed by atoms with E-state index in [1.807, 2.05) is 87.2 Å². The second kappa shape index (κ2) is 8.22. The molecule has 6 rings (SSSR count). The number of para-hydroxylation sites is 2. The van der Waals surface area contributed by atoms with Crippen molar-refractivity contribution in [2.24, 2.45) is 11.3 Å². The lowest BCUT2D eigenvalue weighted by Crippen LogP contribution is -2.52. The predicted octanol–water partition coefficient (Wildman–Crippen LogP) is 5.80. The maximum absolute atomic E-state index is 15.2. The van der Waals surface area contributed by atoms with Gasteiger partial charge in [0.15, 0.2) is 11.6 Å². The van der Waals surface area contributed by atoms with E-state index in [1.165, 1.54) is 18.2 Å². The Balaban J connectivity index is 1.72. The molecule has 38 heavy (non-hydrogen) atoms. The monoisotopic (exact) mass is 508 g/mol. The van der Waals surface area contributed by atoms with Crippen LogP contribution in [0.25, 0.3) is 5.57 Å². The Hall–Kier alpha value is -4.06. The summed E-state index contributed by atoms with van der Waals surface area (Å²) >= 11 is 0. The second-order valence-corrected chi connectivity index (χ2v) is 11.5. The minimum atomic E-state index is -1.43. The molecule has 4 atom stereocenters. The van der Waals surface area contributed by atoms with E-state index in [9.17, 15) is 14.4 Å². The van der Waals surface area contributed by atoms with Gasteiger partial charge in [0.1, 0.15) is 17.3 Å². The van der Waals surface area contributed by atoms with E-state index in [0.29, 0.717) is 11.3 Å². The van der Waals surface area contributed by atoms with E-state index in [-0.39, 0.29) is 17.3 Å². The normalized spacial score (nSPS) is 25.4. The van der Waals surface area contributed by atoms with Crippen LogP contribution in [0.5, 0.6) is 0 Å². The Bertz CT molecular complexity index is 1550. The number of ketones is 2. The SMILES string of the molecule is CC1=C[C@@H]2N(c3ccccc31)[C@H](C(=O)C(C)(C)C)[C@@H](C(=O)c1ccccc1F)[C@@]21C(=O)Nc2ccccc21. The van der Waals surface area contributed by atoms with Gasteiger partial charge in [-0.3, -0.25) is 14.4 Å². The highest BCUT2D eigenvalue weighted by molar-refractivity contribution is 6.17. The summed E-state index contributed by atoms with van der Waals surface area (Å²) in [5, 5.41) is 3.00. The number of allylic oxidation sites excluding steroid dienone is 1. The Morgan fingerprint density at radius 3 is 2.34 bits per heavy atom. The number of carbonyl (C=O) groups excluding carboxylic acids is 3. The van der Waals surface area contributed by atoms with Crippen LogP contribution >= 0.6 is 0 Å². The van der Waals surface area contributed by atoms with Crippen LogP contribution < -0.4 is 10.2 Å². The van der Waals surface area contributed by atoms with Gasteiger partial charge in [0, 0.05) is 22.4 Å². The van der Waals surface area contributed by atoms with Gasteiger partial charge in [-0.05, 0) is 42.3 Å². The first-order chi connectivity index (χ1) is 18.1. The van der Waals surface area contributed by atoms with Crippen molar-refractivity contribution in [1.29, 1.82) is 0 Å². The van der Waals surface area contributed by atoms with Crippen LogP contribution in [0.3, 0.4) is 0 Å². The van der Waals surface area contributed by atoms with Gasteiger partial charge in [-0.15, -0.1) is 0 Å². The Morgan fingerprint density at radius 2 is 1.61 bits per heavy atom. The summed E-state index contributed by atoms with van der Waals surface area (Å²) in [5.41, 5.74) is 1.58. The lowest BCUT2D eigenvalue weighted by atomic mass is 9.63. The van der Waals surface area contributed by atoms with Gasteiger partial charge in [-0.2, -0.15) is 0 Å². The molecule has 0 unspecified atom stereocenters. The van der Waals surface area contributed by atoms with Crippen molar-refractivity contribution in [2.75, 3.05) is 10.2 Å². The van der Waals surface area contributed by atoms with E-state index in [4.69, 9.17) is 0 Å². The molecule has 1 saturated heterocycles. The number of amides is 1. The molecule has 3 aromatic rings. The Morgan fingerprint density at radius 1 is 0.947 bits per heavy atom. The van der Waals surface area contributed by atoms with Crippen molar-refractivity contribution in [3.63, 3.8) is 0 Å². The smallest absolute Gasteiger partial charge is 0.238 e. The topological polar surface area (TPSA) is 66.5 Å². The van der Waals surface area contributed by atoms with E-state index in [0.717, 1.165) is 16.8 Å². The molecule has 0 aliphatic carbocycles. The highest BCUT2D eigenvalue weighted by Crippen LogP contribution is 2.59. The summed E-state index contributed by atoms with van der Waals surface area (Å²) in [7, 11) is 0. The summed E-state index contributed by atoms with van der Waals surface area (Å²) in [5.74, 6) is -2.89. The summed E-state index contributed by atoms with van der Waals surface area (Å²) in [4.78, 5) is 45.1. The molecule has 3 aromatic carbocycles.